The van der Waals surface area contributed by atoms with Gasteiger partial charge >= 0.3 is 5.97 Å². The molecule has 0 unspecified atom stereocenters. The first-order valence-corrected chi connectivity index (χ1v) is 8.72. The largest absolute Gasteiger partial charge is 0.461 e. The third kappa shape index (κ3) is 3.88. The molecule has 0 saturated carbocycles. The molecule has 0 atom stereocenters. The summed E-state index contributed by atoms with van der Waals surface area (Å²) in [7, 11) is 0. The van der Waals surface area contributed by atoms with Crippen molar-refractivity contribution in [1.29, 1.82) is 0 Å². The molecule has 2 heterocycles. The molecule has 7 heteroatoms. The molecule has 0 bridgehead atoms. The van der Waals surface area contributed by atoms with Crippen LogP contribution in [0.25, 0.3) is 5.69 Å². The molecule has 0 aliphatic carbocycles. The van der Waals surface area contributed by atoms with Gasteiger partial charge < -0.3 is 14.4 Å². The van der Waals surface area contributed by atoms with E-state index in [2.05, 4.69) is 5.10 Å². The van der Waals surface area contributed by atoms with Gasteiger partial charge in [0.25, 0.3) is 0 Å². The van der Waals surface area contributed by atoms with Crippen LogP contribution in [0.2, 0.25) is 0 Å². The van der Waals surface area contributed by atoms with Gasteiger partial charge in [0.2, 0.25) is 0 Å². The van der Waals surface area contributed by atoms with Gasteiger partial charge in [0.05, 0.1) is 31.1 Å². The Kier molecular flexibility index (Phi) is 5.45. The summed E-state index contributed by atoms with van der Waals surface area (Å²) in [6, 6.07) is 7.92. The average molecular weight is 359 g/mol. The number of carbonyl (C=O) groups excluding carboxylic acids is 1. The summed E-state index contributed by atoms with van der Waals surface area (Å²) in [5, 5.41) is 4.44. The number of nitrogens with zero attached hydrogens (tertiary/aromatic N) is 3. The summed E-state index contributed by atoms with van der Waals surface area (Å²) in [5.74, 6) is -0.459. The Labute approximate surface area is 152 Å². The quantitative estimate of drug-likeness (QED) is 0.617. The average Bonchev–Trinajstić information content (AvgIpc) is 3.08. The van der Waals surface area contributed by atoms with Gasteiger partial charge in [-0.05, 0) is 26.0 Å². The molecule has 6 nitrogen and oxygen atoms in total. The standard InChI is InChI=1S/C18H21N3O3S/c1-3-24-18(22)16-15(17(25)20-8-10-23-11-9-20)12-21(19-16)14-6-4-13(2)5-7-14/h4-7,12H,3,8-11H2,1-2H3. The molecule has 1 saturated heterocycles. The molecule has 3 rings (SSSR count). The fourth-order valence-electron chi connectivity index (χ4n) is 2.65. The number of aromatic nitrogens is 2. The molecule has 132 valence electrons. The minimum Gasteiger partial charge on any atom is -0.461 e. The van der Waals surface area contributed by atoms with Crippen molar-refractivity contribution in [1.82, 2.24) is 14.7 Å². The Morgan fingerprint density at radius 1 is 1.28 bits per heavy atom. The topological polar surface area (TPSA) is 56.6 Å². The Hall–Kier alpha value is -2.25. The SMILES string of the molecule is CCOC(=O)c1nn(-c2ccc(C)cc2)cc1C(=S)N1CCOCC1. The van der Waals surface area contributed by atoms with Gasteiger partial charge in [-0.3, -0.25) is 0 Å². The summed E-state index contributed by atoms with van der Waals surface area (Å²) in [4.78, 5) is 15.0. The number of thiocarbonyl (C=S) groups is 1. The highest BCUT2D eigenvalue weighted by Gasteiger charge is 2.25. The number of esters is 1. The van der Waals surface area contributed by atoms with E-state index in [1.54, 1.807) is 17.8 Å². The van der Waals surface area contributed by atoms with Crippen LogP contribution in [0.15, 0.2) is 30.5 Å². The van der Waals surface area contributed by atoms with E-state index >= 15 is 0 Å². The van der Waals surface area contributed by atoms with Crippen molar-refractivity contribution in [3.05, 3.63) is 47.3 Å². The van der Waals surface area contributed by atoms with Gasteiger partial charge in [0, 0.05) is 19.3 Å². The maximum Gasteiger partial charge on any atom is 0.359 e. The Morgan fingerprint density at radius 2 is 1.96 bits per heavy atom. The maximum absolute atomic E-state index is 12.4. The number of hydrogen-bond donors (Lipinski definition) is 0. The van der Waals surface area contributed by atoms with Crippen molar-refractivity contribution in [2.75, 3.05) is 32.9 Å². The van der Waals surface area contributed by atoms with E-state index in [9.17, 15) is 4.79 Å². The monoisotopic (exact) mass is 359 g/mol. The fourth-order valence-corrected chi connectivity index (χ4v) is 2.98. The van der Waals surface area contributed by atoms with Gasteiger partial charge in [-0.25, -0.2) is 9.48 Å². The summed E-state index contributed by atoms with van der Waals surface area (Å²) in [5.41, 5.74) is 2.90. The number of ether oxygens (including phenoxy) is 2. The number of rotatable bonds is 4. The van der Waals surface area contributed by atoms with Gasteiger partial charge in [-0.1, -0.05) is 29.9 Å². The molecule has 2 aromatic rings. The lowest BCUT2D eigenvalue weighted by atomic mass is 10.2. The third-order valence-corrected chi connectivity index (χ3v) is 4.49. The zero-order valence-corrected chi connectivity index (χ0v) is 15.2. The van der Waals surface area contributed by atoms with E-state index in [1.165, 1.54) is 0 Å². The van der Waals surface area contributed by atoms with Crippen LogP contribution in [0.4, 0.5) is 0 Å². The van der Waals surface area contributed by atoms with E-state index in [4.69, 9.17) is 21.7 Å². The zero-order chi connectivity index (χ0) is 17.8. The number of morpholine rings is 1. The van der Waals surface area contributed by atoms with Crippen LogP contribution in [-0.2, 0) is 9.47 Å². The summed E-state index contributed by atoms with van der Waals surface area (Å²) in [6.45, 7) is 6.75. The Balaban J connectivity index is 1.97. The third-order valence-electron chi connectivity index (χ3n) is 4.01. The first kappa shape index (κ1) is 17.6. The molecule has 0 spiro atoms. The van der Waals surface area contributed by atoms with E-state index in [0.717, 1.165) is 11.3 Å². The van der Waals surface area contributed by atoms with E-state index in [1.807, 2.05) is 36.1 Å². The predicted octanol–water partition coefficient (Wildman–Crippen LogP) is 2.37. The molecule has 1 aromatic carbocycles. The normalized spacial score (nSPS) is 14.4. The molecule has 1 aromatic heterocycles. The lowest BCUT2D eigenvalue weighted by Gasteiger charge is -2.28. The zero-order valence-electron chi connectivity index (χ0n) is 14.4. The molecular weight excluding hydrogens is 338 g/mol. The van der Waals surface area contributed by atoms with E-state index in [-0.39, 0.29) is 5.69 Å². The van der Waals surface area contributed by atoms with Crippen LogP contribution in [0, 0.1) is 6.92 Å². The van der Waals surface area contributed by atoms with Crippen LogP contribution >= 0.6 is 12.2 Å². The smallest absolute Gasteiger partial charge is 0.359 e. The van der Waals surface area contributed by atoms with E-state index < -0.39 is 5.97 Å². The summed E-state index contributed by atoms with van der Waals surface area (Å²) >= 11 is 5.62. The van der Waals surface area contributed by atoms with Gasteiger partial charge in [0.1, 0.15) is 4.99 Å². The molecular formula is C18H21N3O3S. The lowest BCUT2D eigenvalue weighted by Crippen LogP contribution is -2.40. The van der Waals surface area contributed by atoms with Crippen LogP contribution in [-0.4, -0.2) is 58.5 Å². The van der Waals surface area contributed by atoms with Crippen LogP contribution in [0.3, 0.4) is 0 Å². The van der Waals surface area contributed by atoms with Crippen molar-refractivity contribution in [2.24, 2.45) is 0 Å². The highest BCUT2D eigenvalue weighted by Crippen LogP contribution is 2.18. The first-order valence-electron chi connectivity index (χ1n) is 8.31. The maximum atomic E-state index is 12.4. The number of aryl methyl sites for hydroxylation is 1. The number of hydrogen-bond acceptors (Lipinski definition) is 5. The molecule has 1 fully saturated rings. The van der Waals surface area contributed by atoms with Crippen molar-refractivity contribution in [3.63, 3.8) is 0 Å². The molecule has 0 radical (unpaired) electrons. The van der Waals surface area contributed by atoms with Crippen molar-refractivity contribution in [3.8, 4) is 5.69 Å². The van der Waals surface area contributed by atoms with Crippen LogP contribution in [0.5, 0.6) is 0 Å². The second-order valence-electron chi connectivity index (χ2n) is 5.80. The lowest BCUT2D eigenvalue weighted by molar-refractivity contribution is 0.0518. The molecule has 1 aliphatic heterocycles. The van der Waals surface area contributed by atoms with Crippen molar-refractivity contribution in [2.45, 2.75) is 13.8 Å². The minimum absolute atomic E-state index is 0.249. The highest BCUT2D eigenvalue weighted by atomic mass is 32.1. The van der Waals surface area contributed by atoms with Gasteiger partial charge in [0.15, 0.2) is 5.69 Å². The second-order valence-corrected chi connectivity index (χ2v) is 6.18. The van der Waals surface area contributed by atoms with Gasteiger partial charge in [-0.15, -0.1) is 0 Å². The molecule has 0 amide bonds. The minimum atomic E-state index is -0.459. The Morgan fingerprint density at radius 3 is 2.60 bits per heavy atom. The van der Waals surface area contributed by atoms with Gasteiger partial charge in [-0.2, -0.15) is 5.10 Å². The van der Waals surface area contributed by atoms with Crippen molar-refractivity contribution >= 4 is 23.2 Å². The Bertz CT molecular complexity index is 764. The predicted molar refractivity (Wildman–Crippen MR) is 98.3 cm³/mol. The summed E-state index contributed by atoms with van der Waals surface area (Å²) in [6.07, 6.45) is 1.80. The molecule has 25 heavy (non-hydrogen) atoms. The second kappa shape index (κ2) is 7.76. The number of carbonyl (C=O) groups is 1. The highest BCUT2D eigenvalue weighted by molar-refractivity contribution is 7.80. The van der Waals surface area contributed by atoms with Crippen molar-refractivity contribution < 1.29 is 14.3 Å². The molecule has 0 N–H and O–H groups in total. The number of benzene rings is 1. The first-order chi connectivity index (χ1) is 12.1. The molecule has 1 aliphatic rings. The summed E-state index contributed by atoms with van der Waals surface area (Å²) < 4.78 is 12.2. The van der Waals surface area contributed by atoms with Crippen LogP contribution in [0.1, 0.15) is 28.5 Å². The fraction of sp³-hybridized carbons (Fsp3) is 0.389. The van der Waals surface area contributed by atoms with E-state index in [0.29, 0.717) is 43.5 Å². The van der Waals surface area contributed by atoms with Crippen LogP contribution < -0.4 is 0 Å².